The SMILES string of the molecule is COc1cc(-c2cccc(-c3cccc(NC(=O)c4cn(C)c(=O)n(C)c4=O)c3C)c2Cl)cc(F)c1CN[C@@H]1COC[C@@H]1O. The highest BCUT2D eigenvalue weighted by molar-refractivity contribution is 6.36. The number of nitrogens with zero attached hydrogens (tertiary/aromatic N) is 2. The first-order valence-electron chi connectivity index (χ1n) is 13.8. The van der Waals surface area contributed by atoms with Crippen molar-refractivity contribution in [3.05, 3.63) is 103 Å². The molecule has 1 aliphatic heterocycles. The molecule has 2 heterocycles. The fraction of sp³-hybridized carbons (Fsp3) is 0.281. The molecule has 0 unspecified atom stereocenters. The Bertz CT molecular complexity index is 1870. The summed E-state index contributed by atoms with van der Waals surface area (Å²) in [6.07, 6.45) is 0.543. The van der Waals surface area contributed by atoms with Crippen molar-refractivity contribution < 1.29 is 23.8 Å². The Morgan fingerprint density at radius 1 is 1.11 bits per heavy atom. The van der Waals surface area contributed by atoms with E-state index < -0.39 is 29.1 Å². The van der Waals surface area contributed by atoms with Crippen molar-refractivity contribution >= 4 is 23.2 Å². The minimum atomic E-state index is -0.704. The Balaban J connectivity index is 1.46. The maximum atomic E-state index is 15.4. The summed E-state index contributed by atoms with van der Waals surface area (Å²) in [6.45, 7) is 2.51. The van der Waals surface area contributed by atoms with Crippen molar-refractivity contribution in [3.8, 4) is 28.0 Å². The number of rotatable bonds is 8. The van der Waals surface area contributed by atoms with E-state index >= 15 is 4.39 Å². The second kappa shape index (κ2) is 12.7. The maximum Gasteiger partial charge on any atom is 0.330 e. The number of aliphatic hydroxyl groups is 1. The third-order valence-electron chi connectivity index (χ3n) is 7.84. The largest absolute Gasteiger partial charge is 0.496 e. The average molecular weight is 623 g/mol. The van der Waals surface area contributed by atoms with E-state index in [4.69, 9.17) is 21.1 Å². The van der Waals surface area contributed by atoms with Crippen molar-refractivity contribution in [1.82, 2.24) is 14.5 Å². The molecular weight excluding hydrogens is 591 g/mol. The van der Waals surface area contributed by atoms with Crippen molar-refractivity contribution in [2.45, 2.75) is 25.6 Å². The predicted molar refractivity (Wildman–Crippen MR) is 166 cm³/mol. The van der Waals surface area contributed by atoms with Crippen LogP contribution in [0.3, 0.4) is 0 Å². The van der Waals surface area contributed by atoms with E-state index in [1.807, 2.05) is 19.1 Å². The second-order valence-electron chi connectivity index (χ2n) is 10.6. The number of halogens is 2. The minimum absolute atomic E-state index is 0.136. The Morgan fingerprint density at radius 3 is 2.52 bits per heavy atom. The van der Waals surface area contributed by atoms with Crippen LogP contribution in [-0.4, -0.2) is 52.6 Å². The summed E-state index contributed by atoms with van der Waals surface area (Å²) in [7, 11) is 4.23. The summed E-state index contributed by atoms with van der Waals surface area (Å²) in [5.74, 6) is -0.826. The number of aryl methyl sites for hydroxylation is 1. The number of hydrogen-bond acceptors (Lipinski definition) is 7. The van der Waals surface area contributed by atoms with Crippen LogP contribution in [0.1, 0.15) is 21.5 Å². The van der Waals surface area contributed by atoms with Gasteiger partial charge in [-0.1, -0.05) is 41.9 Å². The average Bonchev–Trinajstić information content (AvgIpc) is 3.42. The van der Waals surface area contributed by atoms with Gasteiger partial charge in [0.15, 0.2) is 0 Å². The Hall–Kier alpha value is -4.29. The third kappa shape index (κ3) is 5.91. The normalized spacial score (nSPS) is 16.2. The lowest BCUT2D eigenvalue weighted by Gasteiger charge is -2.18. The number of anilines is 1. The molecule has 230 valence electrons. The van der Waals surface area contributed by atoms with Crippen LogP contribution in [-0.2, 0) is 25.4 Å². The number of carbonyl (C=O) groups is 1. The molecule has 0 spiro atoms. The van der Waals surface area contributed by atoms with Gasteiger partial charge >= 0.3 is 5.69 Å². The molecule has 1 aromatic heterocycles. The van der Waals surface area contributed by atoms with Gasteiger partial charge in [-0.05, 0) is 41.8 Å². The summed E-state index contributed by atoms with van der Waals surface area (Å²) in [5, 5.41) is 16.3. The molecular formula is C32H32ClFN4O6. The van der Waals surface area contributed by atoms with E-state index in [9.17, 15) is 19.5 Å². The summed E-state index contributed by atoms with van der Waals surface area (Å²) < 4.78 is 28.3. The van der Waals surface area contributed by atoms with Gasteiger partial charge in [0.2, 0.25) is 0 Å². The van der Waals surface area contributed by atoms with Crippen LogP contribution in [0.25, 0.3) is 22.3 Å². The molecule has 1 fully saturated rings. The molecule has 5 rings (SSSR count). The monoisotopic (exact) mass is 622 g/mol. The van der Waals surface area contributed by atoms with Gasteiger partial charge in [0, 0.05) is 49.2 Å². The molecule has 44 heavy (non-hydrogen) atoms. The van der Waals surface area contributed by atoms with Gasteiger partial charge in [0.25, 0.3) is 11.5 Å². The van der Waals surface area contributed by atoms with E-state index in [2.05, 4.69) is 10.6 Å². The highest BCUT2D eigenvalue weighted by Crippen LogP contribution is 2.40. The number of carbonyl (C=O) groups excluding carboxylic acids is 1. The summed E-state index contributed by atoms with van der Waals surface area (Å²) in [6, 6.07) is 13.5. The van der Waals surface area contributed by atoms with Crippen molar-refractivity contribution in [2.24, 2.45) is 14.1 Å². The minimum Gasteiger partial charge on any atom is -0.496 e. The number of aromatic nitrogens is 2. The molecule has 0 saturated carbocycles. The molecule has 3 aromatic carbocycles. The third-order valence-corrected chi connectivity index (χ3v) is 8.25. The van der Waals surface area contributed by atoms with Crippen LogP contribution in [0.5, 0.6) is 5.75 Å². The van der Waals surface area contributed by atoms with Crippen LogP contribution in [0.15, 0.2) is 64.3 Å². The number of benzene rings is 3. The summed E-state index contributed by atoms with van der Waals surface area (Å²) in [4.78, 5) is 37.7. The number of ether oxygens (including phenoxy) is 2. The van der Waals surface area contributed by atoms with Gasteiger partial charge in [-0.15, -0.1) is 0 Å². The van der Waals surface area contributed by atoms with E-state index in [1.165, 1.54) is 38.0 Å². The molecule has 3 N–H and O–H groups in total. The zero-order chi connectivity index (χ0) is 31.7. The second-order valence-corrected chi connectivity index (χ2v) is 11.0. The molecule has 10 nitrogen and oxygen atoms in total. The Kier molecular flexibility index (Phi) is 9.02. The summed E-state index contributed by atoms with van der Waals surface area (Å²) in [5.41, 5.74) is 2.47. The fourth-order valence-corrected chi connectivity index (χ4v) is 5.61. The standard InChI is InChI=1S/C32H32ClFN4O6/c1-17-19(7-6-10-25(17)36-30(40)23-14-37(2)32(42)38(3)31(23)41)21-9-5-8-20(29(21)33)18-11-24(34)22(28(12-18)43-4)13-35-26-15-44-16-27(26)39/h5-12,14,26-27,35,39H,13,15-16H2,1-4H3,(H,36,40)/t26-,27+/m1/s1. The number of hydrogen-bond donors (Lipinski definition) is 3. The van der Waals surface area contributed by atoms with Gasteiger partial charge < -0.3 is 29.8 Å². The van der Waals surface area contributed by atoms with Crippen molar-refractivity contribution in [3.63, 3.8) is 0 Å². The quantitative estimate of drug-likeness (QED) is 0.274. The van der Waals surface area contributed by atoms with Crippen LogP contribution < -0.4 is 26.6 Å². The molecule has 1 aliphatic rings. The molecule has 0 aliphatic carbocycles. The summed E-state index contributed by atoms with van der Waals surface area (Å²) >= 11 is 6.94. The number of aliphatic hydroxyl groups excluding tert-OH is 1. The molecule has 0 bridgehead atoms. The molecule has 1 amide bonds. The van der Waals surface area contributed by atoms with E-state index in [0.29, 0.717) is 56.4 Å². The predicted octanol–water partition coefficient (Wildman–Crippen LogP) is 3.63. The van der Waals surface area contributed by atoms with Gasteiger partial charge in [-0.2, -0.15) is 0 Å². The first-order chi connectivity index (χ1) is 21.0. The molecule has 2 atom stereocenters. The molecule has 4 aromatic rings. The lowest BCUT2D eigenvalue weighted by atomic mass is 9.94. The van der Waals surface area contributed by atoms with E-state index in [0.717, 1.165) is 4.57 Å². The maximum absolute atomic E-state index is 15.4. The highest BCUT2D eigenvalue weighted by Gasteiger charge is 2.26. The van der Waals surface area contributed by atoms with Gasteiger partial charge in [0.05, 0.1) is 37.5 Å². The van der Waals surface area contributed by atoms with E-state index in [1.54, 1.807) is 30.3 Å². The van der Waals surface area contributed by atoms with Crippen LogP contribution >= 0.6 is 11.6 Å². The van der Waals surface area contributed by atoms with E-state index in [-0.39, 0.29) is 24.8 Å². The first-order valence-corrected chi connectivity index (χ1v) is 14.2. The van der Waals surface area contributed by atoms with Crippen LogP contribution in [0.4, 0.5) is 10.1 Å². The van der Waals surface area contributed by atoms with Gasteiger partial charge in [-0.25, -0.2) is 9.18 Å². The molecule has 1 saturated heterocycles. The van der Waals surface area contributed by atoms with Crippen LogP contribution in [0.2, 0.25) is 5.02 Å². The fourth-order valence-electron chi connectivity index (χ4n) is 5.27. The Labute approximate surface area is 257 Å². The molecule has 12 heteroatoms. The van der Waals surface area contributed by atoms with Crippen LogP contribution in [0, 0.1) is 12.7 Å². The Morgan fingerprint density at radius 2 is 1.82 bits per heavy atom. The zero-order valence-corrected chi connectivity index (χ0v) is 25.4. The van der Waals surface area contributed by atoms with Gasteiger partial charge in [0.1, 0.15) is 17.1 Å². The highest BCUT2D eigenvalue weighted by atomic mass is 35.5. The molecule has 0 radical (unpaired) electrons. The number of amides is 1. The zero-order valence-electron chi connectivity index (χ0n) is 24.6. The number of nitrogens with one attached hydrogen (secondary N) is 2. The first kappa shape index (κ1) is 31.1. The van der Waals surface area contributed by atoms with Gasteiger partial charge in [-0.3, -0.25) is 14.2 Å². The number of methoxy groups -OCH3 is 1. The van der Waals surface area contributed by atoms with Crippen molar-refractivity contribution in [2.75, 3.05) is 25.6 Å². The smallest absolute Gasteiger partial charge is 0.330 e. The van der Waals surface area contributed by atoms with Crippen molar-refractivity contribution in [1.29, 1.82) is 0 Å². The lowest BCUT2D eigenvalue weighted by Crippen LogP contribution is -2.40. The topological polar surface area (TPSA) is 124 Å². The lowest BCUT2D eigenvalue weighted by molar-refractivity contribution is 0.102.